The van der Waals surface area contributed by atoms with E-state index in [0.717, 1.165) is 5.56 Å². The van der Waals surface area contributed by atoms with Crippen LogP contribution >= 0.6 is 0 Å². The maximum absolute atomic E-state index is 12.0. The summed E-state index contributed by atoms with van der Waals surface area (Å²) in [4.78, 5) is 16.3. The van der Waals surface area contributed by atoms with Gasteiger partial charge in [0.2, 0.25) is 0 Å². The molecule has 0 unspecified atom stereocenters. The van der Waals surface area contributed by atoms with Crippen LogP contribution in [0.5, 0.6) is 0 Å². The summed E-state index contributed by atoms with van der Waals surface area (Å²) in [5.41, 5.74) is 0.626. The highest BCUT2D eigenvalue weighted by molar-refractivity contribution is 6.05. The summed E-state index contributed by atoms with van der Waals surface area (Å²) in [5, 5.41) is 0. The highest BCUT2D eigenvalue weighted by Gasteiger charge is 2.14. The summed E-state index contributed by atoms with van der Waals surface area (Å²) < 4.78 is 0. The molecule has 0 aliphatic rings. The molecule has 86 valence electrons. The van der Waals surface area contributed by atoms with Crippen LogP contribution in [0.2, 0.25) is 0 Å². The van der Waals surface area contributed by atoms with Gasteiger partial charge in [0, 0.05) is 11.8 Å². The largest absolute Gasteiger partial charge is 0.293 e. The van der Waals surface area contributed by atoms with Gasteiger partial charge in [-0.3, -0.25) is 9.79 Å². The van der Waals surface area contributed by atoms with E-state index in [4.69, 9.17) is 0 Å². The molecular formula is C14H19NO. The number of carbonyl (C=O) groups excluding carboxylic acids is 1. The van der Waals surface area contributed by atoms with Crippen LogP contribution in [-0.4, -0.2) is 17.5 Å². The number of ketones is 1. The van der Waals surface area contributed by atoms with E-state index >= 15 is 0 Å². The first-order valence-electron chi connectivity index (χ1n) is 5.55. The van der Waals surface area contributed by atoms with Gasteiger partial charge < -0.3 is 0 Å². The molecule has 1 aromatic rings. The van der Waals surface area contributed by atoms with Crippen molar-refractivity contribution >= 4 is 12.0 Å². The average molecular weight is 217 g/mol. The lowest BCUT2D eigenvalue weighted by molar-refractivity contribution is 0.0963. The Morgan fingerprint density at radius 1 is 1.25 bits per heavy atom. The molecule has 0 aromatic heterocycles. The van der Waals surface area contributed by atoms with Crippen molar-refractivity contribution in [3.8, 4) is 0 Å². The topological polar surface area (TPSA) is 29.4 Å². The van der Waals surface area contributed by atoms with Gasteiger partial charge in [-0.25, -0.2) is 0 Å². The van der Waals surface area contributed by atoms with Gasteiger partial charge in [-0.05, 0) is 20.8 Å². The Morgan fingerprint density at radius 3 is 2.31 bits per heavy atom. The van der Waals surface area contributed by atoms with Crippen molar-refractivity contribution in [3.05, 3.63) is 35.9 Å². The van der Waals surface area contributed by atoms with Crippen molar-refractivity contribution in [1.82, 2.24) is 0 Å². The summed E-state index contributed by atoms with van der Waals surface area (Å²) in [7, 11) is 0. The van der Waals surface area contributed by atoms with Gasteiger partial charge in [-0.15, -0.1) is 0 Å². The predicted octanol–water partition coefficient (Wildman–Crippen LogP) is 3.37. The molecule has 0 radical (unpaired) electrons. The zero-order chi connectivity index (χ0) is 12.2. The van der Waals surface area contributed by atoms with Crippen molar-refractivity contribution in [2.24, 2.45) is 10.9 Å². The van der Waals surface area contributed by atoms with Gasteiger partial charge in [0.05, 0.1) is 11.5 Å². The van der Waals surface area contributed by atoms with E-state index in [1.807, 2.05) is 58.0 Å². The molecule has 0 saturated carbocycles. The number of benzene rings is 1. The summed E-state index contributed by atoms with van der Waals surface area (Å²) in [6.07, 6.45) is 1.75. The number of carbonyl (C=O) groups is 1. The van der Waals surface area contributed by atoms with Crippen LogP contribution in [0.1, 0.15) is 38.1 Å². The fourth-order valence-corrected chi connectivity index (χ4v) is 1.27. The minimum absolute atomic E-state index is 0.119. The quantitative estimate of drug-likeness (QED) is 0.563. The molecule has 1 atom stereocenters. The maximum atomic E-state index is 12.0. The van der Waals surface area contributed by atoms with Crippen molar-refractivity contribution in [2.75, 3.05) is 0 Å². The lowest BCUT2D eigenvalue weighted by Gasteiger charge is -2.12. The lowest BCUT2D eigenvalue weighted by atomic mass is 10.00. The van der Waals surface area contributed by atoms with Crippen LogP contribution in [0.3, 0.4) is 0 Å². The molecule has 1 rings (SSSR count). The van der Waals surface area contributed by atoms with Crippen molar-refractivity contribution in [1.29, 1.82) is 0 Å². The van der Waals surface area contributed by atoms with Gasteiger partial charge in [-0.2, -0.15) is 0 Å². The molecule has 2 heteroatoms. The zero-order valence-corrected chi connectivity index (χ0v) is 10.4. The Morgan fingerprint density at radius 2 is 1.81 bits per heavy atom. The molecule has 1 aromatic carbocycles. The normalized spacial score (nSPS) is 14.0. The Hall–Kier alpha value is -1.44. The van der Waals surface area contributed by atoms with Gasteiger partial charge in [0.25, 0.3) is 0 Å². The fourth-order valence-electron chi connectivity index (χ4n) is 1.27. The summed E-state index contributed by atoms with van der Waals surface area (Å²) in [5.74, 6) is -0.0461. The molecule has 0 fully saturated rings. The minimum Gasteiger partial charge on any atom is -0.293 e. The second-order valence-corrected chi connectivity index (χ2v) is 4.97. The lowest BCUT2D eigenvalue weighted by Crippen LogP contribution is -2.16. The van der Waals surface area contributed by atoms with E-state index in [0.29, 0.717) is 0 Å². The first-order chi connectivity index (χ1) is 7.40. The average Bonchev–Trinajstić information content (AvgIpc) is 2.25. The van der Waals surface area contributed by atoms with Crippen molar-refractivity contribution < 1.29 is 4.79 Å². The van der Waals surface area contributed by atoms with Crippen LogP contribution in [0.4, 0.5) is 0 Å². The van der Waals surface area contributed by atoms with Gasteiger partial charge in [0.15, 0.2) is 5.78 Å². The smallest absolute Gasteiger partial charge is 0.170 e. The van der Waals surface area contributed by atoms with E-state index in [1.54, 1.807) is 6.21 Å². The second kappa shape index (κ2) is 5.06. The Bertz CT molecular complexity index is 373. The number of nitrogens with zero attached hydrogens (tertiary/aromatic N) is 1. The van der Waals surface area contributed by atoms with Crippen LogP contribution < -0.4 is 0 Å². The molecule has 0 spiro atoms. The van der Waals surface area contributed by atoms with E-state index < -0.39 is 0 Å². The summed E-state index contributed by atoms with van der Waals surface area (Å²) in [6.45, 7) is 7.93. The first kappa shape index (κ1) is 12.6. The number of hydrogen-bond donors (Lipinski definition) is 0. The Kier molecular flexibility index (Phi) is 3.99. The number of rotatable bonds is 3. The molecule has 2 nitrogen and oxygen atoms in total. The molecule has 0 aliphatic heterocycles. The van der Waals surface area contributed by atoms with Crippen molar-refractivity contribution in [3.63, 3.8) is 0 Å². The van der Waals surface area contributed by atoms with Crippen LogP contribution in [-0.2, 0) is 0 Å². The van der Waals surface area contributed by atoms with Gasteiger partial charge in [0.1, 0.15) is 0 Å². The standard InChI is InChI=1S/C14H19NO/c1-11(10-15-14(2,3)4)13(16)12-8-6-5-7-9-12/h5-11H,1-4H3/t11-/m1/s1. The SMILES string of the molecule is C[C@H](C=NC(C)(C)C)C(=O)c1ccccc1. The highest BCUT2D eigenvalue weighted by atomic mass is 16.1. The molecule has 0 amide bonds. The molecule has 0 bridgehead atoms. The van der Waals surface area contributed by atoms with E-state index in [1.165, 1.54) is 0 Å². The summed E-state index contributed by atoms with van der Waals surface area (Å²) in [6, 6.07) is 9.33. The second-order valence-electron chi connectivity index (χ2n) is 4.97. The molecule has 0 N–H and O–H groups in total. The minimum atomic E-state index is -0.165. The predicted molar refractivity (Wildman–Crippen MR) is 68.2 cm³/mol. The Labute approximate surface area is 97.4 Å². The zero-order valence-electron chi connectivity index (χ0n) is 10.4. The van der Waals surface area contributed by atoms with E-state index in [-0.39, 0.29) is 17.2 Å². The van der Waals surface area contributed by atoms with Crippen LogP contribution in [0.25, 0.3) is 0 Å². The highest BCUT2D eigenvalue weighted by Crippen LogP contribution is 2.10. The number of Topliss-reactive ketones (excluding diaryl/α,β-unsaturated/α-hetero) is 1. The third-order valence-electron chi connectivity index (χ3n) is 2.16. The van der Waals surface area contributed by atoms with Crippen LogP contribution in [0, 0.1) is 5.92 Å². The number of aliphatic imine (C=N–C) groups is 1. The third-order valence-corrected chi connectivity index (χ3v) is 2.16. The Balaban J connectivity index is 2.73. The van der Waals surface area contributed by atoms with E-state index in [9.17, 15) is 4.79 Å². The molecule has 0 saturated heterocycles. The van der Waals surface area contributed by atoms with Crippen molar-refractivity contribution in [2.45, 2.75) is 33.2 Å². The van der Waals surface area contributed by atoms with Crippen LogP contribution in [0.15, 0.2) is 35.3 Å². The fraction of sp³-hybridized carbons (Fsp3) is 0.429. The molecular weight excluding hydrogens is 198 g/mol. The number of hydrogen-bond acceptors (Lipinski definition) is 2. The molecule has 16 heavy (non-hydrogen) atoms. The first-order valence-corrected chi connectivity index (χ1v) is 5.55. The third kappa shape index (κ3) is 3.97. The molecule has 0 heterocycles. The monoisotopic (exact) mass is 217 g/mol. The van der Waals surface area contributed by atoms with E-state index in [2.05, 4.69) is 4.99 Å². The summed E-state index contributed by atoms with van der Waals surface area (Å²) >= 11 is 0. The molecule has 0 aliphatic carbocycles. The van der Waals surface area contributed by atoms with Gasteiger partial charge >= 0.3 is 0 Å². The maximum Gasteiger partial charge on any atom is 0.170 e. The van der Waals surface area contributed by atoms with Gasteiger partial charge in [-0.1, -0.05) is 37.3 Å².